The average Bonchev–Trinajstić information content (AvgIpc) is 2.57. The molecule has 1 aromatic heterocycles. The Bertz CT molecular complexity index is 365. The van der Waals surface area contributed by atoms with Gasteiger partial charge in [0.25, 0.3) is 0 Å². The number of hydrogen-bond acceptors (Lipinski definition) is 2. The minimum absolute atomic E-state index is 1.08. The lowest BCUT2D eigenvalue weighted by molar-refractivity contribution is 1.37. The lowest BCUT2D eigenvalue weighted by Crippen LogP contribution is -1.80. The van der Waals surface area contributed by atoms with E-state index in [2.05, 4.69) is 29.4 Å². The third-order valence-corrected chi connectivity index (χ3v) is 2.44. The maximum atomic E-state index is 4.27. The van der Waals surface area contributed by atoms with Crippen molar-refractivity contribution >= 4 is 11.3 Å². The smallest absolute Gasteiger partial charge is 0.0813 e. The van der Waals surface area contributed by atoms with Crippen LogP contribution in [0, 0.1) is 6.92 Å². The minimum Gasteiger partial charge on any atom is -0.245 e. The van der Waals surface area contributed by atoms with Gasteiger partial charge >= 0.3 is 0 Å². The van der Waals surface area contributed by atoms with Crippen LogP contribution in [0.25, 0.3) is 11.3 Å². The van der Waals surface area contributed by atoms with Crippen molar-refractivity contribution in [3.8, 4) is 11.3 Å². The van der Waals surface area contributed by atoms with Crippen LogP contribution >= 0.6 is 11.3 Å². The van der Waals surface area contributed by atoms with E-state index in [0.29, 0.717) is 0 Å². The molecule has 0 radical (unpaired) electrons. The standard InChI is InChI=1S/C10H9NS/c1-8-4-2-3-5-9(8)10-6-12-7-11-10/h2-7H,1H3. The molecule has 60 valence electrons. The Kier molecular flexibility index (Phi) is 1.92. The highest BCUT2D eigenvalue weighted by molar-refractivity contribution is 7.07. The van der Waals surface area contributed by atoms with Gasteiger partial charge in [0, 0.05) is 10.9 Å². The highest BCUT2D eigenvalue weighted by Crippen LogP contribution is 2.21. The summed E-state index contributed by atoms with van der Waals surface area (Å²) in [7, 11) is 0. The fourth-order valence-electron chi connectivity index (χ4n) is 1.21. The molecule has 0 spiro atoms. The number of aromatic nitrogens is 1. The number of nitrogens with zero attached hydrogens (tertiary/aromatic N) is 1. The highest BCUT2D eigenvalue weighted by Gasteiger charge is 2.00. The third kappa shape index (κ3) is 1.25. The van der Waals surface area contributed by atoms with Gasteiger partial charge in [-0.15, -0.1) is 11.3 Å². The summed E-state index contributed by atoms with van der Waals surface area (Å²) in [5.41, 5.74) is 5.46. The molecule has 0 atom stereocenters. The van der Waals surface area contributed by atoms with Gasteiger partial charge in [0.2, 0.25) is 0 Å². The summed E-state index contributed by atoms with van der Waals surface area (Å²) < 4.78 is 0. The lowest BCUT2D eigenvalue weighted by atomic mass is 10.1. The quantitative estimate of drug-likeness (QED) is 0.649. The van der Waals surface area contributed by atoms with E-state index in [1.165, 1.54) is 11.1 Å². The van der Waals surface area contributed by atoms with Crippen molar-refractivity contribution in [2.24, 2.45) is 0 Å². The van der Waals surface area contributed by atoms with Crippen LogP contribution in [0.1, 0.15) is 5.56 Å². The van der Waals surface area contributed by atoms with Crippen LogP contribution in [0.3, 0.4) is 0 Å². The Morgan fingerprint density at radius 3 is 2.75 bits per heavy atom. The molecule has 1 heterocycles. The van der Waals surface area contributed by atoms with E-state index in [4.69, 9.17) is 0 Å². The first-order valence-corrected chi connectivity index (χ1v) is 4.76. The molecule has 0 aliphatic rings. The normalized spacial score (nSPS) is 10.1. The van der Waals surface area contributed by atoms with E-state index >= 15 is 0 Å². The van der Waals surface area contributed by atoms with Crippen molar-refractivity contribution in [3.05, 3.63) is 40.7 Å². The molecule has 0 saturated carbocycles. The fraction of sp³-hybridized carbons (Fsp3) is 0.100. The molecule has 0 fully saturated rings. The summed E-state index contributed by atoms with van der Waals surface area (Å²) in [5, 5.41) is 2.07. The fourth-order valence-corrected chi connectivity index (χ4v) is 1.76. The number of benzene rings is 1. The molecule has 0 aliphatic carbocycles. The summed E-state index contributed by atoms with van der Waals surface area (Å²) in [6.07, 6.45) is 0. The average molecular weight is 175 g/mol. The van der Waals surface area contributed by atoms with E-state index in [9.17, 15) is 0 Å². The molecule has 0 unspecified atom stereocenters. The zero-order valence-corrected chi connectivity index (χ0v) is 7.64. The molecule has 0 amide bonds. The van der Waals surface area contributed by atoms with Gasteiger partial charge in [-0.3, -0.25) is 0 Å². The van der Waals surface area contributed by atoms with Gasteiger partial charge in [-0.2, -0.15) is 0 Å². The topological polar surface area (TPSA) is 12.9 Å². The molecular weight excluding hydrogens is 166 g/mol. The van der Waals surface area contributed by atoms with Crippen molar-refractivity contribution in [1.82, 2.24) is 4.98 Å². The Labute approximate surface area is 75.7 Å². The van der Waals surface area contributed by atoms with Crippen LogP contribution in [-0.4, -0.2) is 4.98 Å². The molecule has 0 N–H and O–H groups in total. The van der Waals surface area contributed by atoms with E-state index in [1.807, 2.05) is 17.6 Å². The maximum Gasteiger partial charge on any atom is 0.0813 e. The summed E-state index contributed by atoms with van der Waals surface area (Å²) >= 11 is 1.63. The predicted octanol–water partition coefficient (Wildman–Crippen LogP) is 3.12. The zero-order valence-electron chi connectivity index (χ0n) is 6.82. The van der Waals surface area contributed by atoms with Gasteiger partial charge in [-0.25, -0.2) is 4.98 Å². The van der Waals surface area contributed by atoms with Crippen molar-refractivity contribution in [1.29, 1.82) is 0 Å². The Morgan fingerprint density at radius 2 is 2.08 bits per heavy atom. The first-order valence-electron chi connectivity index (χ1n) is 3.82. The highest BCUT2D eigenvalue weighted by atomic mass is 32.1. The number of aryl methyl sites for hydroxylation is 1. The number of rotatable bonds is 1. The van der Waals surface area contributed by atoms with Gasteiger partial charge < -0.3 is 0 Å². The molecule has 0 saturated heterocycles. The first-order chi connectivity index (χ1) is 5.88. The first kappa shape index (κ1) is 7.50. The molecule has 2 aromatic rings. The molecule has 2 rings (SSSR count). The van der Waals surface area contributed by atoms with Crippen LogP contribution in [0.2, 0.25) is 0 Å². The second-order valence-corrected chi connectivity index (χ2v) is 3.41. The van der Waals surface area contributed by atoms with Crippen LogP contribution in [0.15, 0.2) is 35.2 Å². The lowest BCUT2D eigenvalue weighted by Gasteiger charge is -1.99. The van der Waals surface area contributed by atoms with E-state index in [0.717, 1.165) is 5.69 Å². The minimum atomic E-state index is 1.08. The Balaban J connectivity index is 2.55. The number of hydrogen-bond donors (Lipinski definition) is 0. The van der Waals surface area contributed by atoms with E-state index < -0.39 is 0 Å². The summed E-state index contributed by atoms with van der Waals surface area (Å²) in [6, 6.07) is 8.30. The molecule has 0 aliphatic heterocycles. The molecular formula is C10H9NS. The van der Waals surface area contributed by atoms with E-state index in [-0.39, 0.29) is 0 Å². The van der Waals surface area contributed by atoms with Crippen LogP contribution in [0.4, 0.5) is 0 Å². The summed E-state index contributed by atoms with van der Waals surface area (Å²) in [4.78, 5) is 4.27. The summed E-state index contributed by atoms with van der Waals surface area (Å²) in [5.74, 6) is 0. The molecule has 12 heavy (non-hydrogen) atoms. The van der Waals surface area contributed by atoms with Gasteiger partial charge in [0.05, 0.1) is 11.2 Å². The molecule has 1 nitrogen and oxygen atoms in total. The zero-order chi connectivity index (χ0) is 8.39. The second-order valence-electron chi connectivity index (χ2n) is 2.69. The van der Waals surface area contributed by atoms with Crippen molar-refractivity contribution in [2.75, 3.05) is 0 Å². The molecule has 2 heteroatoms. The Morgan fingerprint density at radius 1 is 1.25 bits per heavy atom. The third-order valence-electron chi connectivity index (χ3n) is 1.85. The molecule has 0 bridgehead atoms. The SMILES string of the molecule is Cc1ccccc1-c1cscn1. The summed E-state index contributed by atoms with van der Waals surface area (Å²) in [6.45, 7) is 2.11. The maximum absolute atomic E-state index is 4.27. The van der Waals surface area contributed by atoms with Gasteiger partial charge in [0.15, 0.2) is 0 Å². The van der Waals surface area contributed by atoms with Crippen molar-refractivity contribution < 1.29 is 0 Å². The van der Waals surface area contributed by atoms with E-state index in [1.54, 1.807) is 11.3 Å². The van der Waals surface area contributed by atoms with Crippen LogP contribution in [-0.2, 0) is 0 Å². The largest absolute Gasteiger partial charge is 0.245 e. The van der Waals surface area contributed by atoms with Crippen LogP contribution in [0.5, 0.6) is 0 Å². The van der Waals surface area contributed by atoms with Crippen LogP contribution < -0.4 is 0 Å². The molecule has 1 aromatic carbocycles. The number of thiazole rings is 1. The predicted molar refractivity (Wildman–Crippen MR) is 52.3 cm³/mol. The van der Waals surface area contributed by atoms with Gasteiger partial charge in [0.1, 0.15) is 0 Å². The van der Waals surface area contributed by atoms with Gasteiger partial charge in [-0.05, 0) is 12.5 Å². The van der Waals surface area contributed by atoms with Crippen molar-refractivity contribution in [2.45, 2.75) is 6.92 Å². The van der Waals surface area contributed by atoms with Gasteiger partial charge in [-0.1, -0.05) is 24.3 Å². The Hall–Kier alpha value is -1.15. The van der Waals surface area contributed by atoms with Crippen molar-refractivity contribution in [3.63, 3.8) is 0 Å². The second kappa shape index (κ2) is 3.07. The monoisotopic (exact) mass is 175 g/mol.